The van der Waals surface area contributed by atoms with Crippen molar-refractivity contribution in [2.75, 3.05) is 19.8 Å². The maximum absolute atomic E-state index is 12.9. The van der Waals surface area contributed by atoms with Gasteiger partial charge >= 0.3 is 7.82 Å². The van der Waals surface area contributed by atoms with E-state index in [1.165, 1.54) is 161 Å². The van der Waals surface area contributed by atoms with Crippen LogP contribution in [0.5, 0.6) is 0 Å². The summed E-state index contributed by atoms with van der Waals surface area (Å²) >= 11 is 0. The van der Waals surface area contributed by atoms with Gasteiger partial charge in [0.25, 0.3) is 0 Å². The Morgan fingerprint density at radius 1 is 0.593 bits per heavy atom. The highest BCUT2D eigenvalue weighted by atomic mass is 31.2. The molecule has 0 aromatic heterocycles. The van der Waals surface area contributed by atoms with E-state index < -0.39 is 32.0 Å². The number of nitrogens with one attached hydrogen (secondary N) is 1. The molecule has 0 aliphatic rings. The smallest absolute Gasteiger partial charge is 0.393 e. The van der Waals surface area contributed by atoms with Gasteiger partial charge in [-0.15, -0.1) is 0 Å². The van der Waals surface area contributed by atoms with Crippen LogP contribution in [0.1, 0.15) is 245 Å². The van der Waals surface area contributed by atoms with Gasteiger partial charge in [0.05, 0.1) is 37.9 Å². The van der Waals surface area contributed by atoms with Crippen molar-refractivity contribution < 1.29 is 33.5 Å². The molecule has 0 bridgehead atoms. The molecule has 0 aliphatic carbocycles. The minimum atomic E-state index is -4.38. The lowest BCUT2D eigenvalue weighted by Crippen LogP contribution is -2.47. The lowest BCUT2D eigenvalue weighted by molar-refractivity contribution is -0.125. The molecular formula is C49H97N2O7P. The SMILES string of the molecule is CC/C=C\C/C=C\CCCCCCCCCCCCCCC(O)CC(=O)NC(COP(=O)(O)OCCN)C(O)CCCCCCCCCCCCCCCCCCCC. The summed E-state index contributed by atoms with van der Waals surface area (Å²) in [6.07, 6.45) is 49.4. The van der Waals surface area contributed by atoms with Gasteiger partial charge in [-0.25, -0.2) is 4.57 Å². The van der Waals surface area contributed by atoms with Gasteiger partial charge < -0.3 is 26.2 Å². The van der Waals surface area contributed by atoms with Crippen molar-refractivity contribution in [3.05, 3.63) is 24.3 Å². The first-order chi connectivity index (χ1) is 28.8. The van der Waals surface area contributed by atoms with Crippen LogP contribution in [0.4, 0.5) is 0 Å². The summed E-state index contributed by atoms with van der Waals surface area (Å²) in [4.78, 5) is 22.9. The van der Waals surface area contributed by atoms with E-state index in [1.807, 2.05) is 0 Å². The normalized spacial score (nSPS) is 14.6. The summed E-state index contributed by atoms with van der Waals surface area (Å²) in [7, 11) is -4.38. The van der Waals surface area contributed by atoms with Crippen LogP contribution >= 0.6 is 7.82 Å². The van der Waals surface area contributed by atoms with E-state index >= 15 is 0 Å². The van der Waals surface area contributed by atoms with Crippen LogP contribution in [-0.4, -0.2) is 59.0 Å². The number of phosphoric ester groups is 1. The summed E-state index contributed by atoms with van der Waals surface area (Å²) in [5.74, 6) is -0.411. The van der Waals surface area contributed by atoms with Crippen molar-refractivity contribution in [1.82, 2.24) is 5.32 Å². The highest BCUT2D eigenvalue weighted by molar-refractivity contribution is 7.47. The van der Waals surface area contributed by atoms with Gasteiger partial charge in [0.2, 0.25) is 5.91 Å². The maximum atomic E-state index is 12.9. The molecule has 0 aromatic rings. The third-order valence-corrected chi connectivity index (χ3v) is 12.4. The van der Waals surface area contributed by atoms with E-state index in [1.54, 1.807) is 0 Å². The van der Waals surface area contributed by atoms with E-state index in [9.17, 15) is 24.5 Å². The predicted molar refractivity (Wildman–Crippen MR) is 251 cm³/mol. The van der Waals surface area contributed by atoms with Gasteiger partial charge in [-0.2, -0.15) is 0 Å². The molecule has 350 valence electrons. The van der Waals surface area contributed by atoms with Crippen LogP contribution < -0.4 is 11.1 Å². The van der Waals surface area contributed by atoms with Crippen molar-refractivity contribution in [2.24, 2.45) is 5.73 Å². The Balaban J connectivity index is 4.14. The second kappa shape index (κ2) is 45.0. The molecule has 0 aromatic carbocycles. The van der Waals surface area contributed by atoms with Gasteiger partial charge in [-0.1, -0.05) is 224 Å². The lowest BCUT2D eigenvalue weighted by atomic mass is 10.0. The zero-order valence-electron chi connectivity index (χ0n) is 38.6. The Hall–Kier alpha value is -1.06. The first-order valence-electron chi connectivity index (χ1n) is 25.0. The number of aliphatic hydroxyl groups excluding tert-OH is 2. The zero-order valence-corrected chi connectivity index (χ0v) is 39.5. The molecule has 0 heterocycles. The van der Waals surface area contributed by atoms with Crippen molar-refractivity contribution in [2.45, 2.75) is 263 Å². The van der Waals surface area contributed by atoms with Crippen LogP contribution in [-0.2, 0) is 18.4 Å². The minimum Gasteiger partial charge on any atom is -0.393 e. The largest absolute Gasteiger partial charge is 0.472 e. The number of unbranched alkanes of at least 4 members (excludes halogenated alkanes) is 29. The molecule has 6 N–H and O–H groups in total. The molecule has 0 radical (unpaired) electrons. The molecule has 9 nitrogen and oxygen atoms in total. The first-order valence-corrected chi connectivity index (χ1v) is 26.5. The molecule has 0 rings (SSSR count). The van der Waals surface area contributed by atoms with Crippen LogP contribution in [0.2, 0.25) is 0 Å². The number of carbonyl (C=O) groups excluding carboxylic acids is 1. The Morgan fingerprint density at radius 3 is 1.47 bits per heavy atom. The predicted octanol–water partition coefficient (Wildman–Crippen LogP) is 13.5. The maximum Gasteiger partial charge on any atom is 0.472 e. The number of hydrogen-bond donors (Lipinski definition) is 5. The fourth-order valence-electron chi connectivity index (χ4n) is 7.63. The van der Waals surface area contributed by atoms with Gasteiger partial charge in [-0.05, 0) is 38.5 Å². The number of aliphatic hydroxyl groups is 2. The molecule has 0 spiro atoms. The van der Waals surface area contributed by atoms with Crippen molar-refractivity contribution in [3.63, 3.8) is 0 Å². The van der Waals surface area contributed by atoms with Crippen LogP contribution in [0.3, 0.4) is 0 Å². The molecule has 1 amide bonds. The second-order valence-corrected chi connectivity index (χ2v) is 18.6. The van der Waals surface area contributed by atoms with E-state index in [2.05, 4.69) is 43.5 Å². The Morgan fingerprint density at radius 2 is 1.02 bits per heavy atom. The summed E-state index contributed by atoms with van der Waals surface area (Å²) in [5.41, 5.74) is 5.39. The van der Waals surface area contributed by atoms with Crippen molar-refractivity contribution in [3.8, 4) is 0 Å². The quantitative estimate of drug-likeness (QED) is 0.0230. The Labute approximate surface area is 364 Å². The van der Waals surface area contributed by atoms with Crippen LogP contribution in [0.25, 0.3) is 0 Å². The van der Waals surface area contributed by atoms with E-state index in [0.717, 1.165) is 51.4 Å². The highest BCUT2D eigenvalue weighted by Gasteiger charge is 2.28. The van der Waals surface area contributed by atoms with E-state index in [-0.39, 0.29) is 26.2 Å². The standard InChI is InChI=1S/C49H97N2O7P/c1-3-5-7-9-11-13-15-17-19-21-23-24-26-28-30-32-34-36-38-40-46(52)44-49(54)51-47(45-58-59(55,56)57-43-42-50)48(53)41-39-37-35-33-31-29-27-25-22-20-18-16-14-12-10-8-6-4-2/h5,7,11,13,46-48,52-53H,3-4,6,8-10,12,14-45,50H2,1-2H3,(H,51,54)(H,55,56)/b7-5-,13-11-. The average Bonchev–Trinajstić information content (AvgIpc) is 3.21. The Bertz CT molecular complexity index is 997. The topological polar surface area (TPSA) is 151 Å². The van der Waals surface area contributed by atoms with Gasteiger partial charge in [0, 0.05) is 6.54 Å². The average molecular weight is 857 g/mol. The molecule has 0 fully saturated rings. The number of allylic oxidation sites excluding steroid dienone is 4. The molecule has 4 atom stereocenters. The van der Waals surface area contributed by atoms with Crippen molar-refractivity contribution >= 4 is 13.7 Å². The lowest BCUT2D eigenvalue weighted by Gasteiger charge is -2.25. The monoisotopic (exact) mass is 857 g/mol. The molecule has 4 unspecified atom stereocenters. The summed E-state index contributed by atoms with van der Waals surface area (Å²) in [6.45, 7) is 3.98. The second-order valence-electron chi connectivity index (χ2n) is 17.2. The fraction of sp³-hybridized carbons (Fsp3) is 0.898. The number of amides is 1. The third kappa shape index (κ3) is 43.4. The molecule has 0 saturated carbocycles. The van der Waals surface area contributed by atoms with Gasteiger partial charge in [-0.3, -0.25) is 13.8 Å². The number of hydrogen-bond acceptors (Lipinski definition) is 7. The summed E-state index contributed by atoms with van der Waals surface area (Å²) in [6, 6.07) is -0.896. The zero-order chi connectivity index (χ0) is 43.3. The first kappa shape index (κ1) is 57.9. The fourth-order valence-corrected chi connectivity index (χ4v) is 8.39. The van der Waals surface area contributed by atoms with Crippen molar-refractivity contribution in [1.29, 1.82) is 0 Å². The van der Waals surface area contributed by atoms with Crippen LogP contribution in [0, 0.1) is 0 Å². The summed E-state index contributed by atoms with van der Waals surface area (Å²) < 4.78 is 22.2. The van der Waals surface area contributed by atoms with Crippen LogP contribution in [0.15, 0.2) is 24.3 Å². The molecule has 0 saturated heterocycles. The number of carbonyl (C=O) groups is 1. The molecular weight excluding hydrogens is 760 g/mol. The summed E-state index contributed by atoms with van der Waals surface area (Å²) in [5, 5.41) is 24.3. The third-order valence-electron chi connectivity index (χ3n) is 11.4. The van der Waals surface area contributed by atoms with E-state index in [0.29, 0.717) is 12.8 Å². The number of nitrogens with two attached hydrogens (primary N) is 1. The Kier molecular flexibility index (Phi) is 44.2. The molecule has 59 heavy (non-hydrogen) atoms. The van der Waals surface area contributed by atoms with Gasteiger partial charge in [0.15, 0.2) is 0 Å². The van der Waals surface area contributed by atoms with Gasteiger partial charge in [0.1, 0.15) is 0 Å². The number of rotatable bonds is 47. The molecule has 10 heteroatoms. The minimum absolute atomic E-state index is 0.0604. The van der Waals surface area contributed by atoms with E-state index in [4.69, 9.17) is 14.8 Å². The molecule has 0 aliphatic heterocycles. The highest BCUT2D eigenvalue weighted by Crippen LogP contribution is 2.43. The number of phosphoric acid groups is 1.